The molecule has 1 aliphatic rings. The van der Waals surface area contributed by atoms with Gasteiger partial charge in [0, 0.05) is 43.6 Å². The van der Waals surface area contributed by atoms with Gasteiger partial charge in [-0.15, -0.1) is 0 Å². The number of aryl methyl sites for hydroxylation is 1. The maximum atomic E-state index is 4.37. The number of pyridine rings is 1. The summed E-state index contributed by atoms with van der Waals surface area (Å²) in [7, 11) is 2.15. The first-order valence-corrected chi connectivity index (χ1v) is 6.86. The fraction of sp³-hybridized carbons (Fsp3) is 0.400. The summed E-state index contributed by atoms with van der Waals surface area (Å²) in [5, 5.41) is 0. The van der Waals surface area contributed by atoms with Crippen LogP contribution in [-0.2, 0) is 6.54 Å². The molecule has 0 atom stereocenters. The van der Waals surface area contributed by atoms with Crippen LogP contribution in [-0.4, -0.2) is 46.0 Å². The second-order valence-electron chi connectivity index (χ2n) is 5.31. The van der Waals surface area contributed by atoms with E-state index in [4.69, 9.17) is 0 Å². The first-order chi connectivity index (χ1) is 9.72. The number of likely N-dealkylation sites (N-methyl/N-ethyl adjacent to an activating group) is 1. The SMILES string of the molecule is Cc1cc(N2CC(N(C)Cc3ccccn3)C2)ncn1. The van der Waals surface area contributed by atoms with Gasteiger partial charge < -0.3 is 4.90 Å². The number of nitrogens with zero attached hydrogens (tertiary/aromatic N) is 5. The van der Waals surface area contributed by atoms with Gasteiger partial charge in [0.25, 0.3) is 0 Å². The average molecular weight is 269 g/mol. The predicted octanol–water partition coefficient (Wildman–Crippen LogP) is 1.50. The Labute approximate surface area is 119 Å². The van der Waals surface area contributed by atoms with Gasteiger partial charge in [0.2, 0.25) is 0 Å². The topological polar surface area (TPSA) is 45.2 Å². The summed E-state index contributed by atoms with van der Waals surface area (Å²) in [6.07, 6.45) is 3.48. The summed E-state index contributed by atoms with van der Waals surface area (Å²) < 4.78 is 0. The van der Waals surface area contributed by atoms with Crippen LogP contribution >= 0.6 is 0 Å². The molecule has 3 rings (SSSR count). The van der Waals surface area contributed by atoms with Crippen LogP contribution in [0.15, 0.2) is 36.8 Å². The molecule has 1 fully saturated rings. The van der Waals surface area contributed by atoms with E-state index in [-0.39, 0.29) is 0 Å². The standard InChI is InChI=1S/C15H19N5/c1-12-7-15(18-11-17-12)20-9-14(10-20)19(2)8-13-5-3-4-6-16-13/h3-7,11,14H,8-10H2,1-2H3. The fourth-order valence-corrected chi connectivity index (χ4v) is 2.41. The van der Waals surface area contributed by atoms with E-state index in [1.807, 2.05) is 31.3 Å². The Hall–Kier alpha value is -2.01. The van der Waals surface area contributed by atoms with Gasteiger partial charge in [0.05, 0.1) is 5.69 Å². The lowest BCUT2D eigenvalue weighted by Crippen LogP contribution is -2.58. The van der Waals surface area contributed by atoms with Crippen molar-refractivity contribution in [1.82, 2.24) is 19.9 Å². The van der Waals surface area contributed by atoms with Crippen molar-refractivity contribution < 1.29 is 0 Å². The van der Waals surface area contributed by atoms with Crippen molar-refractivity contribution >= 4 is 5.82 Å². The lowest BCUT2D eigenvalue weighted by molar-refractivity contribution is 0.195. The van der Waals surface area contributed by atoms with E-state index in [2.05, 4.69) is 37.9 Å². The average Bonchev–Trinajstić information content (AvgIpc) is 2.38. The third-order valence-electron chi connectivity index (χ3n) is 3.74. The highest BCUT2D eigenvalue weighted by atomic mass is 15.3. The summed E-state index contributed by atoms with van der Waals surface area (Å²) >= 11 is 0. The molecule has 2 aromatic heterocycles. The highest BCUT2D eigenvalue weighted by molar-refractivity contribution is 5.42. The van der Waals surface area contributed by atoms with Gasteiger partial charge in [0.15, 0.2) is 0 Å². The minimum atomic E-state index is 0.562. The molecule has 0 bridgehead atoms. The van der Waals surface area contributed by atoms with Gasteiger partial charge >= 0.3 is 0 Å². The van der Waals surface area contributed by atoms with Gasteiger partial charge in [-0.1, -0.05) is 6.07 Å². The summed E-state index contributed by atoms with van der Waals surface area (Å²) in [6.45, 7) is 4.91. The molecule has 0 aromatic carbocycles. The van der Waals surface area contributed by atoms with E-state index >= 15 is 0 Å². The Bertz CT molecular complexity index is 565. The van der Waals surface area contributed by atoms with Crippen molar-refractivity contribution in [2.24, 2.45) is 0 Å². The van der Waals surface area contributed by atoms with Crippen LogP contribution in [0.4, 0.5) is 5.82 Å². The van der Waals surface area contributed by atoms with E-state index in [9.17, 15) is 0 Å². The molecule has 5 nitrogen and oxygen atoms in total. The van der Waals surface area contributed by atoms with Crippen LogP contribution in [0.5, 0.6) is 0 Å². The van der Waals surface area contributed by atoms with Crippen molar-refractivity contribution in [3.05, 3.63) is 48.2 Å². The Kier molecular flexibility index (Phi) is 3.60. The molecule has 0 unspecified atom stereocenters. The molecule has 0 saturated carbocycles. The lowest BCUT2D eigenvalue weighted by Gasteiger charge is -2.44. The molecule has 2 aromatic rings. The summed E-state index contributed by atoms with van der Waals surface area (Å²) in [6, 6.07) is 8.65. The van der Waals surface area contributed by atoms with Crippen LogP contribution in [0.2, 0.25) is 0 Å². The smallest absolute Gasteiger partial charge is 0.132 e. The Morgan fingerprint density at radius 3 is 2.80 bits per heavy atom. The molecular formula is C15H19N5. The van der Waals surface area contributed by atoms with E-state index in [1.54, 1.807) is 6.33 Å². The third kappa shape index (κ3) is 2.77. The number of aromatic nitrogens is 3. The van der Waals surface area contributed by atoms with Gasteiger partial charge in [-0.2, -0.15) is 0 Å². The lowest BCUT2D eigenvalue weighted by atomic mass is 10.1. The second-order valence-corrected chi connectivity index (χ2v) is 5.31. The van der Waals surface area contributed by atoms with Gasteiger partial charge in [0.1, 0.15) is 12.1 Å². The summed E-state index contributed by atoms with van der Waals surface area (Å²) in [4.78, 5) is 17.5. The maximum absolute atomic E-state index is 4.37. The van der Waals surface area contributed by atoms with E-state index < -0.39 is 0 Å². The Morgan fingerprint density at radius 1 is 1.25 bits per heavy atom. The normalized spacial score (nSPS) is 15.4. The van der Waals surface area contributed by atoms with Gasteiger partial charge in [-0.25, -0.2) is 9.97 Å². The largest absolute Gasteiger partial charge is 0.353 e. The molecule has 1 aliphatic heterocycles. The molecule has 20 heavy (non-hydrogen) atoms. The van der Waals surface area contributed by atoms with E-state index in [1.165, 1.54) is 0 Å². The monoisotopic (exact) mass is 269 g/mol. The molecule has 0 spiro atoms. The summed E-state index contributed by atoms with van der Waals surface area (Å²) in [5.74, 6) is 1.03. The first kappa shape index (κ1) is 13.0. The van der Waals surface area contributed by atoms with Crippen LogP contribution < -0.4 is 4.90 Å². The van der Waals surface area contributed by atoms with Gasteiger partial charge in [-0.3, -0.25) is 9.88 Å². The molecule has 0 radical (unpaired) electrons. The molecule has 0 N–H and O–H groups in total. The Morgan fingerprint density at radius 2 is 2.10 bits per heavy atom. The molecule has 5 heteroatoms. The maximum Gasteiger partial charge on any atom is 0.132 e. The van der Waals surface area contributed by atoms with Crippen molar-refractivity contribution in [2.75, 3.05) is 25.0 Å². The Balaban J connectivity index is 1.55. The first-order valence-electron chi connectivity index (χ1n) is 6.86. The number of rotatable bonds is 4. The van der Waals surface area contributed by atoms with Crippen molar-refractivity contribution in [2.45, 2.75) is 19.5 Å². The zero-order valence-corrected chi connectivity index (χ0v) is 11.9. The van der Waals surface area contributed by atoms with Crippen LogP contribution in [0.1, 0.15) is 11.4 Å². The van der Waals surface area contributed by atoms with E-state index in [0.29, 0.717) is 6.04 Å². The second kappa shape index (κ2) is 5.54. The third-order valence-corrected chi connectivity index (χ3v) is 3.74. The van der Waals surface area contributed by atoms with E-state index in [0.717, 1.165) is 36.8 Å². The summed E-state index contributed by atoms with van der Waals surface area (Å²) in [5.41, 5.74) is 2.13. The minimum absolute atomic E-state index is 0.562. The van der Waals surface area contributed by atoms with Crippen molar-refractivity contribution in [1.29, 1.82) is 0 Å². The molecule has 0 aliphatic carbocycles. The van der Waals surface area contributed by atoms with Crippen LogP contribution in [0.25, 0.3) is 0 Å². The molecular weight excluding hydrogens is 250 g/mol. The molecule has 1 saturated heterocycles. The highest BCUT2D eigenvalue weighted by Crippen LogP contribution is 2.21. The molecule has 3 heterocycles. The molecule has 0 amide bonds. The number of anilines is 1. The van der Waals surface area contributed by atoms with Crippen LogP contribution in [0, 0.1) is 6.92 Å². The number of hydrogen-bond acceptors (Lipinski definition) is 5. The predicted molar refractivity (Wildman–Crippen MR) is 78.5 cm³/mol. The number of hydrogen-bond donors (Lipinski definition) is 0. The quantitative estimate of drug-likeness (QED) is 0.841. The van der Waals surface area contributed by atoms with Gasteiger partial charge in [-0.05, 0) is 26.1 Å². The zero-order chi connectivity index (χ0) is 13.9. The van der Waals surface area contributed by atoms with Crippen molar-refractivity contribution in [3.8, 4) is 0 Å². The fourth-order valence-electron chi connectivity index (χ4n) is 2.41. The highest BCUT2D eigenvalue weighted by Gasteiger charge is 2.30. The molecule has 104 valence electrons. The zero-order valence-electron chi connectivity index (χ0n) is 11.9. The van der Waals surface area contributed by atoms with Crippen molar-refractivity contribution in [3.63, 3.8) is 0 Å². The van der Waals surface area contributed by atoms with Crippen LogP contribution in [0.3, 0.4) is 0 Å². The minimum Gasteiger partial charge on any atom is -0.353 e.